The molecule has 9 nitrogen and oxygen atoms in total. The third-order valence-electron chi connectivity index (χ3n) is 1.02. The first-order valence-electron chi connectivity index (χ1n) is 4.60. The smallest absolute Gasteiger partial charge is 0.547 e. The molecular formula is C9H15O9Y. The van der Waals surface area contributed by atoms with E-state index < -0.39 is 36.2 Å². The number of rotatable bonds is 3. The summed E-state index contributed by atoms with van der Waals surface area (Å²) < 4.78 is 0. The van der Waals surface area contributed by atoms with E-state index in [4.69, 9.17) is 15.3 Å². The molecule has 0 radical (unpaired) electrons. The first-order chi connectivity index (χ1) is 7.93. The topological polar surface area (TPSA) is 181 Å². The van der Waals surface area contributed by atoms with Gasteiger partial charge in [-0.2, -0.15) is 0 Å². The Balaban J connectivity index is -0.0000000865. The Kier molecular flexibility index (Phi) is 21.8. The standard InChI is InChI=1S/3C3H6O3.Y/c3*1-2(4)3(5)6;/h3*2,4H,1H3,(H,5,6);/q;;;+3/p-3. The number of carbonyl (C=O) groups is 3. The summed E-state index contributed by atoms with van der Waals surface area (Å²) in [6.07, 6.45) is -4.03. The summed E-state index contributed by atoms with van der Waals surface area (Å²) in [5.74, 6) is -4.31. The molecule has 0 spiro atoms. The van der Waals surface area contributed by atoms with Gasteiger partial charge in [0, 0.05) is 0 Å². The van der Waals surface area contributed by atoms with Gasteiger partial charge >= 0.3 is 32.7 Å². The van der Waals surface area contributed by atoms with E-state index in [-0.39, 0.29) is 32.7 Å². The zero-order chi connectivity index (χ0) is 15.5. The molecule has 3 unspecified atom stereocenters. The first kappa shape index (κ1) is 26.9. The zero-order valence-corrected chi connectivity index (χ0v) is 13.4. The molecule has 0 aliphatic heterocycles. The predicted octanol–water partition coefficient (Wildman–Crippen LogP) is -5.65. The molecule has 0 saturated heterocycles. The van der Waals surface area contributed by atoms with Gasteiger partial charge in [-0.05, 0) is 20.8 Å². The van der Waals surface area contributed by atoms with Crippen molar-refractivity contribution in [2.45, 2.75) is 39.1 Å². The molecule has 0 aromatic carbocycles. The summed E-state index contributed by atoms with van der Waals surface area (Å²) in [6, 6.07) is 0. The Bertz CT molecular complexity index is 220. The second kappa shape index (κ2) is 15.5. The molecule has 0 saturated carbocycles. The number of aliphatic hydroxyl groups is 3. The van der Waals surface area contributed by atoms with Crippen LogP contribution in [0.25, 0.3) is 0 Å². The fourth-order valence-electron chi connectivity index (χ4n) is 0. The number of hydrogen-bond acceptors (Lipinski definition) is 9. The van der Waals surface area contributed by atoms with Crippen LogP contribution in [-0.4, -0.2) is 51.5 Å². The quantitative estimate of drug-likeness (QED) is 0.444. The summed E-state index contributed by atoms with van der Waals surface area (Å²) in [5, 5.41) is 51.9. The van der Waals surface area contributed by atoms with Crippen LogP contribution in [0.4, 0.5) is 0 Å². The van der Waals surface area contributed by atoms with Gasteiger partial charge in [-0.3, -0.25) is 0 Å². The molecule has 0 fully saturated rings. The minimum atomic E-state index is -1.44. The van der Waals surface area contributed by atoms with Crippen LogP contribution < -0.4 is 15.3 Å². The number of carboxylic acid groups (broad SMARTS) is 3. The molecule has 3 atom stereocenters. The van der Waals surface area contributed by atoms with Crippen molar-refractivity contribution < 1.29 is 77.7 Å². The molecule has 0 rings (SSSR count). The third-order valence-corrected chi connectivity index (χ3v) is 1.02. The van der Waals surface area contributed by atoms with Gasteiger partial charge in [-0.25, -0.2) is 0 Å². The molecule has 0 aliphatic carbocycles. The van der Waals surface area contributed by atoms with Gasteiger partial charge in [0.05, 0.1) is 36.2 Å². The van der Waals surface area contributed by atoms with Crippen molar-refractivity contribution in [2.24, 2.45) is 0 Å². The van der Waals surface area contributed by atoms with Crippen molar-refractivity contribution in [1.29, 1.82) is 0 Å². The molecule has 0 bridgehead atoms. The van der Waals surface area contributed by atoms with Crippen molar-refractivity contribution in [3.05, 3.63) is 0 Å². The fraction of sp³-hybridized carbons (Fsp3) is 0.667. The van der Waals surface area contributed by atoms with Crippen LogP contribution in [0.1, 0.15) is 20.8 Å². The van der Waals surface area contributed by atoms with Crippen LogP contribution in [-0.2, 0) is 47.1 Å². The number of carboxylic acids is 3. The van der Waals surface area contributed by atoms with Crippen LogP contribution in [0, 0.1) is 0 Å². The van der Waals surface area contributed by atoms with E-state index in [1.165, 1.54) is 0 Å². The zero-order valence-electron chi connectivity index (χ0n) is 10.6. The van der Waals surface area contributed by atoms with Gasteiger partial charge in [-0.15, -0.1) is 0 Å². The van der Waals surface area contributed by atoms with Gasteiger partial charge in [0.15, 0.2) is 0 Å². The third kappa shape index (κ3) is 31.8. The van der Waals surface area contributed by atoms with Crippen LogP contribution in [0.15, 0.2) is 0 Å². The van der Waals surface area contributed by atoms with Gasteiger partial charge in [0.25, 0.3) is 0 Å². The van der Waals surface area contributed by atoms with Gasteiger partial charge in [-0.1, -0.05) is 0 Å². The maximum atomic E-state index is 9.34. The van der Waals surface area contributed by atoms with Crippen LogP contribution in [0.3, 0.4) is 0 Å². The number of hydrogen-bond donors (Lipinski definition) is 3. The Morgan fingerprint density at radius 1 is 0.684 bits per heavy atom. The van der Waals surface area contributed by atoms with Crippen LogP contribution >= 0.6 is 0 Å². The average Bonchev–Trinajstić information content (AvgIpc) is 2.18. The molecule has 0 amide bonds. The summed E-state index contributed by atoms with van der Waals surface area (Å²) >= 11 is 0. The summed E-state index contributed by atoms with van der Waals surface area (Å²) in [7, 11) is 0. The SMILES string of the molecule is CC(O)C(=O)[O-].CC(O)C(=O)[O-].CC(O)C(=O)[O-].[Y+3]. The monoisotopic (exact) mass is 356 g/mol. The van der Waals surface area contributed by atoms with Crippen molar-refractivity contribution in [3.63, 3.8) is 0 Å². The van der Waals surface area contributed by atoms with E-state index in [1.54, 1.807) is 0 Å². The van der Waals surface area contributed by atoms with E-state index >= 15 is 0 Å². The second-order valence-electron chi connectivity index (χ2n) is 2.99. The fourth-order valence-corrected chi connectivity index (χ4v) is 0. The summed E-state index contributed by atoms with van der Waals surface area (Å²) in [6.45, 7) is 3.40. The summed E-state index contributed by atoms with van der Waals surface area (Å²) in [4.78, 5) is 28.0. The first-order valence-corrected chi connectivity index (χ1v) is 4.60. The van der Waals surface area contributed by atoms with Crippen molar-refractivity contribution in [2.75, 3.05) is 0 Å². The van der Waals surface area contributed by atoms with Gasteiger partial charge in [0.1, 0.15) is 0 Å². The van der Waals surface area contributed by atoms with Gasteiger partial charge < -0.3 is 45.0 Å². The number of aliphatic carboxylic acids is 3. The van der Waals surface area contributed by atoms with Crippen molar-refractivity contribution >= 4 is 17.9 Å². The minimum absolute atomic E-state index is 0. The van der Waals surface area contributed by atoms with Gasteiger partial charge in [0.2, 0.25) is 0 Å². The van der Waals surface area contributed by atoms with E-state index in [2.05, 4.69) is 0 Å². The predicted molar refractivity (Wildman–Crippen MR) is 50.1 cm³/mol. The van der Waals surface area contributed by atoms with E-state index in [0.717, 1.165) is 20.8 Å². The Morgan fingerprint density at radius 3 is 0.737 bits per heavy atom. The normalized spacial score (nSPS) is 12.9. The Morgan fingerprint density at radius 2 is 0.737 bits per heavy atom. The summed E-state index contributed by atoms with van der Waals surface area (Å²) in [5.41, 5.74) is 0. The molecule has 19 heavy (non-hydrogen) atoms. The van der Waals surface area contributed by atoms with Crippen LogP contribution in [0.5, 0.6) is 0 Å². The van der Waals surface area contributed by atoms with E-state index in [1.807, 2.05) is 0 Å². The largest absolute Gasteiger partial charge is 3.00 e. The molecule has 0 heterocycles. The minimum Gasteiger partial charge on any atom is -0.547 e. The van der Waals surface area contributed by atoms with E-state index in [0.29, 0.717) is 0 Å². The molecular weight excluding hydrogens is 341 g/mol. The van der Waals surface area contributed by atoms with E-state index in [9.17, 15) is 29.7 Å². The molecule has 108 valence electrons. The van der Waals surface area contributed by atoms with Crippen molar-refractivity contribution in [3.8, 4) is 0 Å². The molecule has 10 heteroatoms. The second-order valence-corrected chi connectivity index (χ2v) is 2.99. The number of aliphatic hydroxyl groups excluding tert-OH is 3. The molecule has 0 aromatic heterocycles. The van der Waals surface area contributed by atoms with Crippen molar-refractivity contribution in [1.82, 2.24) is 0 Å². The Hall–Kier alpha value is -0.606. The Labute approximate surface area is 134 Å². The van der Waals surface area contributed by atoms with Crippen LogP contribution in [0.2, 0.25) is 0 Å². The molecule has 0 aromatic rings. The maximum Gasteiger partial charge on any atom is 3.00 e. The molecule has 3 N–H and O–H groups in total. The maximum absolute atomic E-state index is 9.34. The molecule has 0 aliphatic rings. The number of carbonyl (C=O) groups excluding carboxylic acids is 3. The average molecular weight is 356 g/mol.